The Morgan fingerprint density at radius 1 is 1.07 bits per heavy atom. The van der Waals surface area contributed by atoms with Crippen LogP contribution in [0.1, 0.15) is 38.8 Å². The van der Waals surface area contributed by atoms with Crippen LogP contribution in [-0.2, 0) is 19.3 Å². The number of pyridine rings is 1. The minimum absolute atomic E-state index is 0.0619. The van der Waals surface area contributed by atoms with Crippen molar-refractivity contribution in [2.45, 2.75) is 19.3 Å². The summed E-state index contributed by atoms with van der Waals surface area (Å²) in [6.45, 7) is 0. The molecule has 0 saturated carbocycles. The lowest BCUT2D eigenvalue weighted by atomic mass is 10.0. The molecule has 4 aromatic rings. The van der Waals surface area contributed by atoms with E-state index in [0.717, 1.165) is 23.8 Å². The molecule has 30 heavy (non-hydrogen) atoms. The lowest BCUT2D eigenvalue weighted by molar-refractivity contribution is 0.104. The lowest BCUT2D eigenvalue weighted by Gasteiger charge is -2.01. The fourth-order valence-corrected chi connectivity index (χ4v) is 3.14. The van der Waals surface area contributed by atoms with Gasteiger partial charge in [0.1, 0.15) is 17.8 Å². The third-order valence-electron chi connectivity index (χ3n) is 4.65. The number of H-pyrrole nitrogens is 1. The Kier molecular flexibility index (Phi) is 5.80. The molecule has 0 saturated heterocycles. The largest absolute Gasteiger partial charge is 0.504 e. The minimum Gasteiger partial charge on any atom is -0.504 e. The van der Waals surface area contributed by atoms with E-state index in [2.05, 4.69) is 32.3 Å². The van der Waals surface area contributed by atoms with Gasteiger partial charge in [-0.25, -0.2) is 4.98 Å². The molecule has 0 amide bonds. The Morgan fingerprint density at radius 3 is 2.60 bits per heavy atom. The van der Waals surface area contributed by atoms with E-state index in [4.69, 9.17) is 4.42 Å². The maximum Gasteiger partial charge on any atom is 0.215 e. The molecular formula is C23H20N4O3. The standard InChI is InChI=1S/C23H20N4O3/c28-20(14-21(29)23-25-15-26-27-23)19-13-18(7-6-16-4-2-1-3-5-16)30-22(19)12-17-8-10-24-11-9-17/h1-5,8-11,13-15,29H,6-7,12H2,(H,25,26,27). The molecule has 0 aliphatic rings. The highest BCUT2D eigenvalue weighted by atomic mass is 16.3. The zero-order chi connectivity index (χ0) is 20.8. The zero-order valence-corrected chi connectivity index (χ0v) is 16.2. The third-order valence-corrected chi connectivity index (χ3v) is 4.65. The summed E-state index contributed by atoms with van der Waals surface area (Å²) in [4.78, 5) is 20.8. The molecule has 0 atom stereocenters. The summed E-state index contributed by atoms with van der Waals surface area (Å²) in [5.74, 6) is 0.663. The van der Waals surface area contributed by atoms with Gasteiger partial charge < -0.3 is 9.52 Å². The molecule has 150 valence electrons. The Hall–Kier alpha value is -4.00. The second-order valence-electron chi connectivity index (χ2n) is 6.78. The minimum atomic E-state index is -0.365. The van der Waals surface area contributed by atoms with Crippen LogP contribution in [0.25, 0.3) is 5.76 Å². The van der Waals surface area contributed by atoms with Crippen LogP contribution in [0, 0.1) is 0 Å². The van der Waals surface area contributed by atoms with Crippen molar-refractivity contribution in [1.29, 1.82) is 0 Å². The van der Waals surface area contributed by atoms with Crippen LogP contribution in [-0.4, -0.2) is 31.1 Å². The average Bonchev–Trinajstić information content (AvgIpc) is 3.44. The van der Waals surface area contributed by atoms with Crippen LogP contribution in [0.3, 0.4) is 0 Å². The second kappa shape index (κ2) is 9.00. The van der Waals surface area contributed by atoms with Gasteiger partial charge in [-0.3, -0.25) is 14.9 Å². The summed E-state index contributed by atoms with van der Waals surface area (Å²) >= 11 is 0. The Morgan fingerprint density at radius 2 is 1.87 bits per heavy atom. The van der Waals surface area contributed by atoms with Crippen molar-refractivity contribution in [3.8, 4) is 0 Å². The molecule has 0 bridgehead atoms. The molecule has 3 aromatic heterocycles. The molecule has 0 fully saturated rings. The van der Waals surface area contributed by atoms with E-state index in [1.54, 1.807) is 18.5 Å². The number of carbonyl (C=O) groups excluding carboxylic acids is 1. The molecule has 0 radical (unpaired) electrons. The average molecular weight is 400 g/mol. The number of aliphatic hydroxyl groups excluding tert-OH is 1. The van der Waals surface area contributed by atoms with Gasteiger partial charge in [-0.2, -0.15) is 5.10 Å². The van der Waals surface area contributed by atoms with E-state index < -0.39 is 0 Å². The van der Waals surface area contributed by atoms with Crippen molar-refractivity contribution in [2.24, 2.45) is 0 Å². The number of hydrogen-bond acceptors (Lipinski definition) is 6. The topological polar surface area (TPSA) is 105 Å². The van der Waals surface area contributed by atoms with E-state index in [1.165, 1.54) is 11.9 Å². The molecular weight excluding hydrogens is 380 g/mol. The molecule has 2 N–H and O–H groups in total. The molecule has 0 unspecified atom stereocenters. The Balaban J connectivity index is 1.60. The van der Waals surface area contributed by atoms with Crippen LogP contribution in [0.4, 0.5) is 0 Å². The number of aromatic nitrogens is 4. The molecule has 7 nitrogen and oxygen atoms in total. The number of nitrogens with zero attached hydrogens (tertiary/aromatic N) is 3. The van der Waals surface area contributed by atoms with Gasteiger partial charge in [-0.1, -0.05) is 30.3 Å². The predicted molar refractivity (Wildman–Crippen MR) is 111 cm³/mol. The summed E-state index contributed by atoms with van der Waals surface area (Å²) < 4.78 is 6.04. The van der Waals surface area contributed by atoms with E-state index >= 15 is 0 Å². The van der Waals surface area contributed by atoms with Crippen LogP contribution < -0.4 is 0 Å². The summed E-state index contributed by atoms with van der Waals surface area (Å²) in [7, 11) is 0. The van der Waals surface area contributed by atoms with Crippen LogP contribution in [0.5, 0.6) is 0 Å². The highest BCUT2D eigenvalue weighted by Gasteiger charge is 2.18. The van der Waals surface area contributed by atoms with Crippen molar-refractivity contribution in [3.63, 3.8) is 0 Å². The smallest absolute Gasteiger partial charge is 0.215 e. The number of nitrogens with one attached hydrogen (secondary N) is 1. The number of aromatic amines is 1. The summed E-state index contributed by atoms with van der Waals surface area (Å²) in [5, 5.41) is 16.4. The first-order valence-electron chi connectivity index (χ1n) is 9.54. The van der Waals surface area contributed by atoms with Gasteiger partial charge in [0.25, 0.3) is 0 Å². The number of hydrogen-bond donors (Lipinski definition) is 2. The lowest BCUT2D eigenvalue weighted by Crippen LogP contribution is -2.00. The van der Waals surface area contributed by atoms with Crippen LogP contribution in [0.2, 0.25) is 0 Å². The normalized spacial score (nSPS) is 11.5. The SMILES string of the molecule is O=C(C=C(O)c1nc[nH]n1)c1cc(CCc2ccccc2)oc1Cc1ccncc1. The van der Waals surface area contributed by atoms with Crippen molar-refractivity contribution >= 4 is 11.5 Å². The Labute approximate surface area is 173 Å². The quantitative estimate of drug-likeness (QED) is 0.264. The van der Waals surface area contributed by atoms with Gasteiger partial charge in [0.2, 0.25) is 5.82 Å². The fourth-order valence-electron chi connectivity index (χ4n) is 3.14. The van der Waals surface area contributed by atoms with Gasteiger partial charge in [-0.05, 0) is 35.7 Å². The molecule has 0 spiro atoms. The highest BCUT2D eigenvalue weighted by Crippen LogP contribution is 2.22. The van der Waals surface area contributed by atoms with Crippen molar-refractivity contribution in [2.75, 3.05) is 0 Å². The van der Waals surface area contributed by atoms with Crippen molar-refractivity contribution < 1.29 is 14.3 Å². The van der Waals surface area contributed by atoms with E-state index in [1.807, 2.05) is 30.3 Å². The van der Waals surface area contributed by atoms with Crippen LogP contribution >= 0.6 is 0 Å². The van der Waals surface area contributed by atoms with Gasteiger partial charge in [-0.15, -0.1) is 0 Å². The third kappa shape index (κ3) is 4.70. The number of rotatable bonds is 8. The zero-order valence-electron chi connectivity index (χ0n) is 16.2. The predicted octanol–water partition coefficient (Wildman–Crippen LogP) is 3.95. The molecule has 7 heteroatoms. The molecule has 0 aliphatic carbocycles. The summed E-state index contributed by atoms with van der Waals surface area (Å²) in [5.41, 5.74) is 2.58. The number of ketones is 1. The van der Waals surface area contributed by atoms with Gasteiger partial charge in [0.15, 0.2) is 11.5 Å². The number of aryl methyl sites for hydroxylation is 2. The summed E-state index contributed by atoms with van der Waals surface area (Å²) in [6.07, 6.45) is 7.76. The first kappa shape index (κ1) is 19.3. The van der Waals surface area contributed by atoms with E-state index in [0.29, 0.717) is 24.2 Å². The number of furan rings is 1. The maximum atomic E-state index is 12.9. The fraction of sp³-hybridized carbons (Fsp3) is 0.130. The first-order valence-corrected chi connectivity index (χ1v) is 9.54. The van der Waals surface area contributed by atoms with E-state index in [-0.39, 0.29) is 17.4 Å². The first-order chi connectivity index (χ1) is 14.7. The number of carbonyl (C=O) groups is 1. The highest BCUT2D eigenvalue weighted by molar-refractivity contribution is 6.08. The van der Waals surface area contributed by atoms with Crippen LogP contribution in [0.15, 0.2) is 77.7 Å². The maximum absolute atomic E-state index is 12.9. The number of benzene rings is 1. The van der Waals surface area contributed by atoms with Gasteiger partial charge in [0, 0.05) is 31.3 Å². The van der Waals surface area contributed by atoms with Gasteiger partial charge in [0.05, 0.1) is 5.56 Å². The molecule has 0 aliphatic heterocycles. The second-order valence-corrected chi connectivity index (χ2v) is 6.78. The summed E-state index contributed by atoms with van der Waals surface area (Å²) in [6, 6.07) is 15.6. The Bertz CT molecular complexity index is 1130. The number of aliphatic hydroxyl groups is 1. The monoisotopic (exact) mass is 400 g/mol. The van der Waals surface area contributed by atoms with Crippen molar-refractivity contribution in [3.05, 3.63) is 107 Å². The van der Waals surface area contributed by atoms with Crippen molar-refractivity contribution in [1.82, 2.24) is 20.2 Å². The van der Waals surface area contributed by atoms with E-state index in [9.17, 15) is 9.90 Å². The molecule has 4 rings (SSSR count). The van der Waals surface area contributed by atoms with Gasteiger partial charge >= 0.3 is 0 Å². The number of allylic oxidation sites excluding steroid dienone is 1. The molecule has 1 aromatic carbocycles. The molecule has 3 heterocycles.